The van der Waals surface area contributed by atoms with E-state index in [9.17, 15) is 4.79 Å². The molecule has 2 aromatic heterocycles. The molecule has 1 aliphatic heterocycles. The predicted octanol–water partition coefficient (Wildman–Crippen LogP) is 10.8. The van der Waals surface area contributed by atoms with E-state index in [0.717, 1.165) is 40.8 Å². The molecule has 0 bridgehead atoms. The maximum absolute atomic E-state index is 13.9. The van der Waals surface area contributed by atoms with Gasteiger partial charge in [-0.2, -0.15) is 0 Å². The summed E-state index contributed by atoms with van der Waals surface area (Å²) >= 11 is 0. The zero-order chi connectivity index (χ0) is 33.8. The summed E-state index contributed by atoms with van der Waals surface area (Å²) in [6.07, 6.45) is 2.47. The van der Waals surface area contributed by atoms with Gasteiger partial charge in [0.05, 0.1) is 46.1 Å². The number of hydrogen-bond donors (Lipinski definition) is 0. The number of aromatic nitrogens is 2. The summed E-state index contributed by atoms with van der Waals surface area (Å²) in [5.41, 5.74) is 7.42. The minimum absolute atomic E-state index is 0.000534. The number of para-hydroxylation sites is 3. The van der Waals surface area contributed by atoms with Crippen LogP contribution in [0.1, 0.15) is 58.4 Å². The van der Waals surface area contributed by atoms with Crippen LogP contribution in [0.15, 0.2) is 115 Å². The number of nitrogens with zero attached hydrogens (tertiary/aromatic N) is 2. The normalized spacial score (nSPS) is 16.2. The average Bonchev–Trinajstić information content (AvgIpc) is 3.65. The standard InChI is InChI=1S/C44H44N2O3/c1-5-36(43(4,6-2)42(47)49-29-44(7-3)27-48-28-44)30-16-15-19-32(26-30)45-38-23-14-12-21-35(38)40-39(45)25-24-34-33-20-11-13-22-37(33)46(41(34)40)31-17-9-8-10-18-31/h8-26,36H,5-7,27-29H2,1-4H3. The lowest BCUT2D eigenvalue weighted by molar-refractivity contribution is -0.180. The van der Waals surface area contributed by atoms with Crippen LogP contribution in [-0.2, 0) is 14.3 Å². The van der Waals surface area contributed by atoms with Gasteiger partial charge in [0.2, 0.25) is 0 Å². The summed E-state index contributed by atoms with van der Waals surface area (Å²) < 4.78 is 16.4. The molecule has 0 spiro atoms. The summed E-state index contributed by atoms with van der Waals surface area (Å²) in [6, 6.07) is 41.5. The molecule has 2 unspecified atom stereocenters. The molecule has 5 nitrogen and oxygen atoms in total. The number of ether oxygens (including phenoxy) is 2. The van der Waals surface area contributed by atoms with Gasteiger partial charge < -0.3 is 18.6 Å². The van der Waals surface area contributed by atoms with E-state index >= 15 is 0 Å². The molecule has 1 aliphatic rings. The van der Waals surface area contributed by atoms with Gasteiger partial charge in [-0.3, -0.25) is 4.79 Å². The van der Waals surface area contributed by atoms with Gasteiger partial charge in [0.25, 0.3) is 0 Å². The fraction of sp³-hybridized carbons (Fsp3) is 0.295. The highest BCUT2D eigenvalue weighted by atomic mass is 16.5. The molecule has 1 saturated heterocycles. The van der Waals surface area contributed by atoms with Gasteiger partial charge >= 0.3 is 5.97 Å². The van der Waals surface area contributed by atoms with Crippen molar-refractivity contribution in [3.63, 3.8) is 0 Å². The van der Waals surface area contributed by atoms with Crippen LogP contribution >= 0.6 is 0 Å². The van der Waals surface area contributed by atoms with Crippen LogP contribution in [0.25, 0.3) is 55.0 Å². The number of rotatable bonds is 10. The molecule has 0 saturated carbocycles. The minimum atomic E-state index is -0.656. The Balaban J connectivity index is 1.29. The molecule has 5 heteroatoms. The quantitative estimate of drug-likeness (QED) is 0.139. The van der Waals surface area contributed by atoms with Crippen molar-refractivity contribution in [1.82, 2.24) is 9.13 Å². The summed E-state index contributed by atoms with van der Waals surface area (Å²) in [4.78, 5) is 13.9. The molecule has 49 heavy (non-hydrogen) atoms. The van der Waals surface area contributed by atoms with E-state index in [1.54, 1.807) is 0 Å². The zero-order valence-electron chi connectivity index (χ0n) is 28.9. The number of hydrogen-bond acceptors (Lipinski definition) is 3. The molecule has 1 fully saturated rings. The summed E-state index contributed by atoms with van der Waals surface area (Å²) in [5.74, 6) is -0.111. The van der Waals surface area contributed by atoms with Crippen LogP contribution in [0.2, 0.25) is 0 Å². The molecule has 7 aromatic rings. The number of benzene rings is 5. The van der Waals surface area contributed by atoms with Crippen LogP contribution in [0.5, 0.6) is 0 Å². The van der Waals surface area contributed by atoms with Crippen LogP contribution in [0.4, 0.5) is 0 Å². The highest BCUT2D eigenvalue weighted by Gasteiger charge is 2.44. The molecule has 0 radical (unpaired) electrons. The minimum Gasteiger partial charge on any atom is -0.464 e. The van der Waals surface area contributed by atoms with Crippen LogP contribution in [0, 0.1) is 10.8 Å². The maximum atomic E-state index is 13.9. The summed E-state index contributed by atoms with van der Waals surface area (Å²) in [7, 11) is 0. The largest absolute Gasteiger partial charge is 0.464 e. The lowest BCUT2D eigenvalue weighted by Crippen LogP contribution is -2.47. The SMILES string of the molecule is CCC(c1cccc(-n2c3ccccc3c3c2ccc2c4ccccc4n(-c4ccccc4)c23)c1)C(C)(CC)C(=O)OCC1(CC)COC1. The van der Waals surface area contributed by atoms with Crippen molar-refractivity contribution >= 4 is 49.6 Å². The highest BCUT2D eigenvalue weighted by molar-refractivity contribution is 6.26. The van der Waals surface area contributed by atoms with E-state index in [1.807, 2.05) is 0 Å². The summed E-state index contributed by atoms with van der Waals surface area (Å²) in [5, 5.41) is 4.93. The second-order valence-corrected chi connectivity index (χ2v) is 14.1. The first kappa shape index (κ1) is 31.4. The molecular weight excluding hydrogens is 604 g/mol. The number of fused-ring (bicyclic) bond motifs is 7. The molecule has 0 N–H and O–H groups in total. The molecule has 2 atom stereocenters. The van der Waals surface area contributed by atoms with Crippen molar-refractivity contribution in [3.05, 3.63) is 121 Å². The monoisotopic (exact) mass is 648 g/mol. The highest BCUT2D eigenvalue weighted by Crippen LogP contribution is 2.45. The molecule has 248 valence electrons. The van der Waals surface area contributed by atoms with Gasteiger partial charge in [0.15, 0.2) is 0 Å². The predicted molar refractivity (Wildman–Crippen MR) is 201 cm³/mol. The molecule has 8 rings (SSSR count). The van der Waals surface area contributed by atoms with Gasteiger partial charge in [0.1, 0.15) is 6.61 Å². The second-order valence-electron chi connectivity index (χ2n) is 14.1. The number of carbonyl (C=O) groups excluding carboxylic acids is 1. The first-order chi connectivity index (χ1) is 23.9. The Morgan fingerprint density at radius 3 is 2.10 bits per heavy atom. The van der Waals surface area contributed by atoms with Crippen LogP contribution in [0.3, 0.4) is 0 Å². The average molecular weight is 649 g/mol. The molecule has 5 aromatic carbocycles. The topological polar surface area (TPSA) is 45.4 Å². The Hall–Kier alpha value is -4.87. The smallest absolute Gasteiger partial charge is 0.312 e. The van der Waals surface area contributed by atoms with Crippen molar-refractivity contribution in [2.24, 2.45) is 10.8 Å². The van der Waals surface area contributed by atoms with E-state index in [4.69, 9.17) is 9.47 Å². The number of carbonyl (C=O) groups is 1. The third-order valence-electron chi connectivity index (χ3n) is 11.5. The lowest BCUT2D eigenvalue weighted by atomic mass is 9.70. The van der Waals surface area contributed by atoms with Crippen molar-refractivity contribution in [2.45, 2.75) is 52.9 Å². The molecule has 3 heterocycles. The summed E-state index contributed by atoms with van der Waals surface area (Å²) in [6.45, 7) is 10.3. The van der Waals surface area contributed by atoms with Crippen molar-refractivity contribution in [3.8, 4) is 11.4 Å². The van der Waals surface area contributed by atoms with Gasteiger partial charge in [0, 0.05) is 32.9 Å². The Morgan fingerprint density at radius 2 is 1.43 bits per heavy atom. The number of esters is 1. The van der Waals surface area contributed by atoms with Crippen LogP contribution < -0.4 is 0 Å². The van der Waals surface area contributed by atoms with E-state index in [1.165, 1.54) is 32.6 Å². The third-order valence-corrected chi connectivity index (χ3v) is 11.5. The Bertz CT molecular complexity index is 2320. The van der Waals surface area contributed by atoms with Gasteiger partial charge in [-0.15, -0.1) is 0 Å². The van der Waals surface area contributed by atoms with Crippen molar-refractivity contribution in [1.29, 1.82) is 0 Å². The van der Waals surface area contributed by atoms with Crippen LogP contribution in [-0.4, -0.2) is 34.9 Å². The van der Waals surface area contributed by atoms with Crippen molar-refractivity contribution < 1.29 is 14.3 Å². The Morgan fingerprint density at radius 1 is 0.755 bits per heavy atom. The fourth-order valence-electron chi connectivity index (χ4n) is 8.26. The fourth-order valence-corrected chi connectivity index (χ4v) is 8.26. The van der Waals surface area contributed by atoms with Gasteiger partial charge in [-0.1, -0.05) is 93.6 Å². The first-order valence-electron chi connectivity index (χ1n) is 17.8. The van der Waals surface area contributed by atoms with E-state index in [-0.39, 0.29) is 17.3 Å². The van der Waals surface area contributed by atoms with E-state index in [2.05, 4.69) is 152 Å². The molecular formula is C44H44N2O3. The van der Waals surface area contributed by atoms with Crippen molar-refractivity contribution in [2.75, 3.05) is 19.8 Å². The molecule has 0 aliphatic carbocycles. The lowest BCUT2D eigenvalue weighted by Gasteiger charge is -2.41. The van der Waals surface area contributed by atoms with E-state index in [0.29, 0.717) is 26.2 Å². The zero-order valence-corrected chi connectivity index (χ0v) is 28.9. The first-order valence-corrected chi connectivity index (χ1v) is 17.8. The van der Waals surface area contributed by atoms with E-state index < -0.39 is 5.41 Å². The van der Waals surface area contributed by atoms with Gasteiger partial charge in [-0.25, -0.2) is 0 Å². The maximum Gasteiger partial charge on any atom is 0.312 e. The van der Waals surface area contributed by atoms with Gasteiger partial charge in [-0.05, 0) is 80.1 Å². The third kappa shape index (κ3) is 4.89. The Labute approximate surface area is 288 Å². The molecule has 0 amide bonds. The Kier molecular flexibility index (Phi) is 7.83. The second kappa shape index (κ2) is 12.2.